The Hall–Kier alpha value is -2.24. The zero-order valence-corrected chi connectivity index (χ0v) is 11.4. The highest BCUT2D eigenvalue weighted by atomic mass is 16.4. The average Bonchev–Trinajstić information content (AvgIpc) is 3.25. The third-order valence-corrected chi connectivity index (χ3v) is 3.37. The number of rotatable bonds is 5. The smallest absolute Gasteiger partial charge is 0.257 e. The first-order valence-corrected chi connectivity index (χ1v) is 6.60. The molecule has 0 spiro atoms. The number of amidine groups is 1. The first-order valence-electron chi connectivity index (χ1n) is 6.60. The molecule has 4 N–H and O–H groups in total. The van der Waals surface area contributed by atoms with Crippen LogP contribution in [0.3, 0.4) is 0 Å². The molecule has 0 bridgehead atoms. The zero-order chi connectivity index (χ0) is 14.7. The number of aromatic hydroxyl groups is 1. The first-order chi connectivity index (χ1) is 9.52. The average molecular weight is 277 g/mol. The van der Waals surface area contributed by atoms with Crippen molar-refractivity contribution in [2.24, 2.45) is 10.9 Å². The van der Waals surface area contributed by atoms with Crippen molar-refractivity contribution in [1.82, 2.24) is 4.90 Å². The van der Waals surface area contributed by atoms with E-state index in [2.05, 4.69) is 5.16 Å². The van der Waals surface area contributed by atoms with Gasteiger partial charge < -0.3 is 20.9 Å². The lowest BCUT2D eigenvalue weighted by molar-refractivity contribution is 0.0744. The van der Waals surface area contributed by atoms with Crippen molar-refractivity contribution < 1.29 is 15.1 Å². The summed E-state index contributed by atoms with van der Waals surface area (Å²) in [6.45, 7) is 2.25. The summed E-state index contributed by atoms with van der Waals surface area (Å²) < 4.78 is 0. The Balaban J connectivity index is 2.16. The lowest BCUT2D eigenvalue weighted by Gasteiger charge is -2.22. The quantitative estimate of drug-likeness (QED) is 0.328. The molecule has 0 unspecified atom stereocenters. The molecule has 1 saturated carbocycles. The number of hydrogen-bond acceptors (Lipinski definition) is 4. The SMILES string of the molecule is Cc1ccc(O)c(C(=O)N(CCC(N)=NO)C2CC2)c1. The Morgan fingerprint density at radius 3 is 2.80 bits per heavy atom. The molecule has 0 radical (unpaired) electrons. The van der Waals surface area contributed by atoms with Crippen molar-refractivity contribution in [2.45, 2.75) is 32.2 Å². The molecule has 1 aliphatic rings. The maximum atomic E-state index is 12.5. The first kappa shape index (κ1) is 14.2. The van der Waals surface area contributed by atoms with Crippen LogP contribution in [0.2, 0.25) is 0 Å². The van der Waals surface area contributed by atoms with Crippen LogP contribution in [0.5, 0.6) is 5.75 Å². The highest BCUT2D eigenvalue weighted by Gasteiger charge is 2.33. The Bertz CT molecular complexity index is 538. The molecule has 1 aromatic carbocycles. The van der Waals surface area contributed by atoms with Crippen LogP contribution in [0.15, 0.2) is 23.4 Å². The third-order valence-electron chi connectivity index (χ3n) is 3.37. The number of phenols is 1. The van der Waals surface area contributed by atoms with Crippen molar-refractivity contribution in [3.63, 3.8) is 0 Å². The number of nitrogens with two attached hydrogens (primary N) is 1. The van der Waals surface area contributed by atoms with Gasteiger partial charge in [-0.2, -0.15) is 0 Å². The van der Waals surface area contributed by atoms with Crippen molar-refractivity contribution in [2.75, 3.05) is 6.54 Å². The van der Waals surface area contributed by atoms with Crippen LogP contribution < -0.4 is 5.73 Å². The van der Waals surface area contributed by atoms with Crippen LogP contribution in [-0.4, -0.2) is 39.5 Å². The van der Waals surface area contributed by atoms with E-state index in [4.69, 9.17) is 10.9 Å². The molecule has 1 fully saturated rings. The Labute approximate surface area is 117 Å². The van der Waals surface area contributed by atoms with Gasteiger partial charge in [0.05, 0.1) is 5.56 Å². The molecule has 0 heterocycles. The summed E-state index contributed by atoms with van der Waals surface area (Å²) in [6.07, 6.45) is 2.22. The zero-order valence-electron chi connectivity index (χ0n) is 11.4. The second kappa shape index (κ2) is 5.81. The van der Waals surface area contributed by atoms with Gasteiger partial charge >= 0.3 is 0 Å². The van der Waals surface area contributed by atoms with Crippen LogP contribution in [0.1, 0.15) is 35.2 Å². The Morgan fingerprint density at radius 2 is 2.20 bits per heavy atom. The van der Waals surface area contributed by atoms with E-state index in [9.17, 15) is 9.90 Å². The molecule has 1 aliphatic carbocycles. The van der Waals surface area contributed by atoms with E-state index in [0.29, 0.717) is 18.5 Å². The van der Waals surface area contributed by atoms with Crippen LogP contribution in [0.4, 0.5) is 0 Å². The minimum atomic E-state index is -0.209. The van der Waals surface area contributed by atoms with Gasteiger partial charge in [-0.15, -0.1) is 0 Å². The fraction of sp³-hybridized carbons (Fsp3) is 0.429. The normalized spacial score (nSPS) is 15.2. The van der Waals surface area contributed by atoms with E-state index in [1.807, 2.05) is 6.92 Å². The molecule has 2 rings (SSSR count). The number of benzene rings is 1. The second-order valence-electron chi connectivity index (χ2n) is 5.09. The van der Waals surface area contributed by atoms with E-state index >= 15 is 0 Å². The molecular formula is C14H19N3O3. The van der Waals surface area contributed by atoms with Gasteiger partial charge in [0.1, 0.15) is 11.6 Å². The number of aryl methyl sites for hydroxylation is 1. The lowest BCUT2D eigenvalue weighted by atomic mass is 10.1. The number of carbonyl (C=O) groups is 1. The number of hydrogen-bond donors (Lipinski definition) is 3. The minimum absolute atomic E-state index is 0.0185. The van der Waals surface area contributed by atoms with E-state index in [1.54, 1.807) is 17.0 Å². The molecule has 0 atom stereocenters. The monoisotopic (exact) mass is 277 g/mol. The third kappa shape index (κ3) is 3.20. The molecular weight excluding hydrogens is 258 g/mol. The molecule has 1 amide bonds. The second-order valence-corrected chi connectivity index (χ2v) is 5.09. The summed E-state index contributed by atoms with van der Waals surface area (Å²) in [5, 5.41) is 21.3. The van der Waals surface area contributed by atoms with Gasteiger partial charge in [-0.1, -0.05) is 16.8 Å². The summed E-state index contributed by atoms with van der Waals surface area (Å²) in [6, 6.07) is 5.14. The summed E-state index contributed by atoms with van der Waals surface area (Å²) >= 11 is 0. The maximum absolute atomic E-state index is 12.5. The Kier molecular flexibility index (Phi) is 4.12. The fourth-order valence-electron chi connectivity index (χ4n) is 2.10. The summed E-state index contributed by atoms with van der Waals surface area (Å²) in [5.74, 6) is -0.133. The van der Waals surface area contributed by atoms with Gasteiger partial charge in [-0.05, 0) is 31.9 Å². The van der Waals surface area contributed by atoms with E-state index in [-0.39, 0.29) is 23.5 Å². The van der Waals surface area contributed by atoms with E-state index in [0.717, 1.165) is 18.4 Å². The van der Waals surface area contributed by atoms with Gasteiger partial charge in [0.15, 0.2) is 0 Å². The summed E-state index contributed by atoms with van der Waals surface area (Å²) in [5.41, 5.74) is 6.66. The number of nitrogens with zero attached hydrogens (tertiary/aromatic N) is 2. The van der Waals surface area contributed by atoms with E-state index in [1.165, 1.54) is 6.07 Å². The van der Waals surface area contributed by atoms with Crippen molar-refractivity contribution >= 4 is 11.7 Å². The van der Waals surface area contributed by atoms with Crippen LogP contribution in [-0.2, 0) is 0 Å². The number of carbonyl (C=O) groups excluding carboxylic acids is 1. The standard InChI is InChI=1S/C14H19N3O3/c1-9-2-5-12(18)11(8-9)14(19)17(10-3-4-10)7-6-13(15)16-20/h2,5,8,10,18,20H,3-4,6-7H2,1H3,(H2,15,16). The molecule has 0 saturated heterocycles. The predicted molar refractivity (Wildman–Crippen MR) is 74.9 cm³/mol. The number of phenolic OH excluding ortho intramolecular Hbond substituents is 1. The maximum Gasteiger partial charge on any atom is 0.257 e. The fourth-order valence-corrected chi connectivity index (χ4v) is 2.10. The molecule has 0 aromatic heterocycles. The van der Waals surface area contributed by atoms with Gasteiger partial charge in [-0.3, -0.25) is 4.79 Å². The largest absolute Gasteiger partial charge is 0.507 e. The highest BCUT2D eigenvalue weighted by Crippen LogP contribution is 2.30. The number of amides is 1. The topological polar surface area (TPSA) is 99.2 Å². The van der Waals surface area contributed by atoms with Gasteiger partial charge in [0.2, 0.25) is 0 Å². The van der Waals surface area contributed by atoms with Gasteiger partial charge in [0, 0.05) is 19.0 Å². The van der Waals surface area contributed by atoms with Crippen molar-refractivity contribution in [3.8, 4) is 5.75 Å². The van der Waals surface area contributed by atoms with Gasteiger partial charge in [-0.25, -0.2) is 0 Å². The molecule has 1 aromatic rings. The van der Waals surface area contributed by atoms with Crippen LogP contribution >= 0.6 is 0 Å². The number of oxime groups is 1. The lowest BCUT2D eigenvalue weighted by Crippen LogP contribution is -2.36. The van der Waals surface area contributed by atoms with Crippen molar-refractivity contribution in [1.29, 1.82) is 0 Å². The molecule has 6 heteroatoms. The van der Waals surface area contributed by atoms with Crippen molar-refractivity contribution in [3.05, 3.63) is 29.3 Å². The molecule has 108 valence electrons. The predicted octanol–water partition coefficient (Wildman–Crippen LogP) is 1.44. The van der Waals surface area contributed by atoms with Crippen LogP contribution in [0.25, 0.3) is 0 Å². The van der Waals surface area contributed by atoms with E-state index < -0.39 is 0 Å². The molecule has 20 heavy (non-hydrogen) atoms. The molecule has 6 nitrogen and oxygen atoms in total. The van der Waals surface area contributed by atoms with Crippen LogP contribution in [0, 0.1) is 6.92 Å². The minimum Gasteiger partial charge on any atom is -0.507 e. The highest BCUT2D eigenvalue weighted by molar-refractivity contribution is 5.97. The molecule has 0 aliphatic heterocycles. The summed E-state index contributed by atoms with van der Waals surface area (Å²) in [7, 11) is 0. The summed E-state index contributed by atoms with van der Waals surface area (Å²) in [4.78, 5) is 14.2. The Morgan fingerprint density at radius 1 is 1.50 bits per heavy atom. The van der Waals surface area contributed by atoms with Gasteiger partial charge in [0.25, 0.3) is 5.91 Å².